The van der Waals surface area contributed by atoms with Crippen molar-refractivity contribution in [3.05, 3.63) is 59.3 Å². The molecule has 0 bridgehead atoms. The van der Waals surface area contributed by atoms with Crippen molar-refractivity contribution in [3.63, 3.8) is 0 Å². The van der Waals surface area contributed by atoms with Gasteiger partial charge in [-0.2, -0.15) is 4.37 Å². The summed E-state index contributed by atoms with van der Waals surface area (Å²) in [6.07, 6.45) is 1.66. The Labute approximate surface area is 157 Å². The molecule has 0 N–H and O–H groups in total. The maximum Gasteiger partial charge on any atom is 0.199 e. The molecule has 0 aliphatic carbocycles. The summed E-state index contributed by atoms with van der Waals surface area (Å²) in [5.74, 6) is 2.32. The van der Waals surface area contributed by atoms with Gasteiger partial charge < -0.3 is 4.42 Å². The average molecular weight is 390 g/mol. The molecule has 4 aromatic rings. The Balaban J connectivity index is 1.74. The lowest BCUT2D eigenvalue weighted by atomic mass is 10.2. The van der Waals surface area contributed by atoms with Crippen LogP contribution in [0.3, 0.4) is 0 Å². The summed E-state index contributed by atoms with van der Waals surface area (Å²) in [4.78, 5) is 4.39. The highest BCUT2D eigenvalue weighted by Gasteiger charge is 2.18. The maximum absolute atomic E-state index is 5.99. The van der Waals surface area contributed by atoms with E-state index in [2.05, 4.69) is 19.6 Å². The Hall–Kier alpha value is -2.16. The van der Waals surface area contributed by atoms with Gasteiger partial charge in [-0.1, -0.05) is 11.6 Å². The molecular formula is C16H12ClN5OS2. The second-order valence-electron chi connectivity index (χ2n) is 5.19. The van der Waals surface area contributed by atoms with E-state index >= 15 is 0 Å². The van der Waals surface area contributed by atoms with Crippen LogP contribution in [0.1, 0.15) is 11.6 Å². The Morgan fingerprint density at radius 2 is 2.04 bits per heavy atom. The predicted molar refractivity (Wildman–Crippen MR) is 97.0 cm³/mol. The first-order chi connectivity index (χ1) is 12.2. The topological polar surface area (TPSA) is 69.6 Å². The third-order valence-corrected chi connectivity index (χ3v) is 5.48. The predicted octanol–water partition coefficient (Wildman–Crippen LogP) is 4.55. The highest BCUT2D eigenvalue weighted by atomic mass is 35.5. The van der Waals surface area contributed by atoms with Crippen molar-refractivity contribution in [1.29, 1.82) is 0 Å². The van der Waals surface area contributed by atoms with Crippen LogP contribution >= 0.6 is 34.9 Å². The summed E-state index contributed by atoms with van der Waals surface area (Å²) < 4.78 is 12.5. The number of halogens is 1. The number of rotatable bonds is 5. The molecule has 126 valence electrons. The first-order valence-electron chi connectivity index (χ1n) is 7.39. The van der Waals surface area contributed by atoms with Crippen LogP contribution < -0.4 is 0 Å². The highest BCUT2D eigenvalue weighted by Crippen LogP contribution is 2.31. The molecule has 6 nitrogen and oxygen atoms in total. The highest BCUT2D eigenvalue weighted by molar-refractivity contribution is 8.00. The van der Waals surface area contributed by atoms with Crippen molar-refractivity contribution in [2.24, 2.45) is 0 Å². The molecule has 0 aliphatic rings. The fraction of sp³-hybridized carbons (Fsp3) is 0.125. The minimum Gasteiger partial charge on any atom is -0.467 e. The Morgan fingerprint density at radius 1 is 1.20 bits per heavy atom. The van der Waals surface area contributed by atoms with Crippen LogP contribution in [0.15, 0.2) is 56.6 Å². The Bertz CT molecular complexity index is 979. The number of aromatic nitrogens is 5. The molecule has 0 atom stereocenters. The van der Waals surface area contributed by atoms with E-state index in [9.17, 15) is 0 Å². The second-order valence-corrected chi connectivity index (χ2v) is 7.59. The van der Waals surface area contributed by atoms with Gasteiger partial charge in [0.05, 0.1) is 12.8 Å². The standard InChI is InChI=1S/C16H12ClN5OS2/c1-10-18-16(25-21-10)24-15-20-19-14(11-4-6-12(17)7-5-11)22(15)9-13-3-2-8-23-13/h2-8H,9H2,1H3. The van der Waals surface area contributed by atoms with Gasteiger partial charge in [-0.3, -0.25) is 4.57 Å². The van der Waals surface area contributed by atoms with E-state index in [-0.39, 0.29) is 0 Å². The number of hydrogen-bond donors (Lipinski definition) is 0. The molecule has 0 saturated heterocycles. The SMILES string of the molecule is Cc1nsc(Sc2nnc(-c3ccc(Cl)cc3)n2Cc2ccco2)n1. The van der Waals surface area contributed by atoms with Gasteiger partial charge >= 0.3 is 0 Å². The first kappa shape index (κ1) is 16.3. The molecule has 0 radical (unpaired) electrons. The summed E-state index contributed by atoms with van der Waals surface area (Å²) in [6, 6.07) is 11.3. The summed E-state index contributed by atoms with van der Waals surface area (Å²) in [5.41, 5.74) is 0.934. The molecule has 4 rings (SSSR count). The molecule has 0 saturated carbocycles. The zero-order chi connectivity index (χ0) is 17.2. The van der Waals surface area contributed by atoms with Crippen LogP contribution in [0.4, 0.5) is 0 Å². The van der Waals surface area contributed by atoms with E-state index in [4.69, 9.17) is 16.0 Å². The van der Waals surface area contributed by atoms with Crippen LogP contribution in [0.2, 0.25) is 5.02 Å². The van der Waals surface area contributed by atoms with E-state index in [1.54, 1.807) is 6.26 Å². The second kappa shape index (κ2) is 6.99. The van der Waals surface area contributed by atoms with Gasteiger partial charge in [0, 0.05) is 10.6 Å². The molecular weight excluding hydrogens is 378 g/mol. The van der Waals surface area contributed by atoms with Crippen molar-refractivity contribution in [1.82, 2.24) is 24.1 Å². The summed E-state index contributed by atoms with van der Waals surface area (Å²) in [6.45, 7) is 2.39. The summed E-state index contributed by atoms with van der Waals surface area (Å²) in [5, 5.41) is 10.1. The van der Waals surface area contributed by atoms with Crippen LogP contribution in [-0.2, 0) is 6.54 Å². The molecule has 1 aromatic carbocycles. The molecule has 0 fully saturated rings. The normalized spacial score (nSPS) is 11.1. The minimum absolute atomic E-state index is 0.526. The molecule has 0 aliphatic heterocycles. The Morgan fingerprint density at radius 3 is 2.72 bits per heavy atom. The lowest BCUT2D eigenvalue weighted by molar-refractivity contribution is 0.485. The summed E-state index contributed by atoms with van der Waals surface area (Å²) >= 11 is 8.78. The van der Waals surface area contributed by atoms with Crippen LogP contribution in [0.5, 0.6) is 0 Å². The fourth-order valence-corrected chi connectivity index (χ4v) is 3.99. The third kappa shape index (κ3) is 3.60. The van der Waals surface area contributed by atoms with Crippen molar-refractivity contribution >= 4 is 34.9 Å². The molecule has 25 heavy (non-hydrogen) atoms. The molecule has 3 aromatic heterocycles. The average Bonchev–Trinajstić information content (AvgIpc) is 3.33. The van der Waals surface area contributed by atoms with Crippen molar-refractivity contribution in [2.45, 2.75) is 23.0 Å². The van der Waals surface area contributed by atoms with E-state index in [1.165, 1.54) is 23.3 Å². The molecule has 9 heteroatoms. The smallest absolute Gasteiger partial charge is 0.199 e. The van der Waals surface area contributed by atoms with Gasteiger partial charge in [0.25, 0.3) is 0 Å². The quantitative estimate of drug-likeness (QED) is 0.498. The third-order valence-electron chi connectivity index (χ3n) is 3.40. The van der Waals surface area contributed by atoms with Crippen LogP contribution in [0, 0.1) is 6.92 Å². The van der Waals surface area contributed by atoms with E-state index < -0.39 is 0 Å². The van der Waals surface area contributed by atoms with Gasteiger partial charge in [0.2, 0.25) is 0 Å². The van der Waals surface area contributed by atoms with E-state index in [0.29, 0.717) is 11.6 Å². The van der Waals surface area contributed by atoms with Gasteiger partial charge in [-0.15, -0.1) is 10.2 Å². The van der Waals surface area contributed by atoms with Gasteiger partial charge in [0.15, 0.2) is 15.3 Å². The zero-order valence-electron chi connectivity index (χ0n) is 13.1. The lowest BCUT2D eigenvalue weighted by Gasteiger charge is -2.08. The zero-order valence-corrected chi connectivity index (χ0v) is 15.5. The maximum atomic E-state index is 5.99. The van der Waals surface area contributed by atoms with E-state index in [0.717, 1.165) is 32.5 Å². The van der Waals surface area contributed by atoms with Crippen molar-refractivity contribution in [3.8, 4) is 11.4 Å². The van der Waals surface area contributed by atoms with Gasteiger partial charge in [-0.25, -0.2) is 4.98 Å². The van der Waals surface area contributed by atoms with Crippen molar-refractivity contribution in [2.75, 3.05) is 0 Å². The summed E-state index contributed by atoms with van der Waals surface area (Å²) in [7, 11) is 0. The number of nitrogens with zero attached hydrogens (tertiary/aromatic N) is 5. The van der Waals surface area contributed by atoms with E-state index in [1.807, 2.05) is 47.9 Å². The van der Waals surface area contributed by atoms with Gasteiger partial charge in [-0.05, 0) is 66.6 Å². The largest absolute Gasteiger partial charge is 0.467 e. The van der Waals surface area contributed by atoms with Crippen LogP contribution in [-0.4, -0.2) is 24.1 Å². The number of hydrogen-bond acceptors (Lipinski definition) is 7. The molecule has 3 heterocycles. The monoisotopic (exact) mass is 389 g/mol. The molecule has 0 spiro atoms. The molecule has 0 amide bonds. The van der Waals surface area contributed by atoms with Crippen LogP contribution in [0.25, 0.3) is 11.4 Å². The minimum atomic E-state index is 0.526. The number of aryl methyl sites for hydroxylation is 1. The number of furan rings is 1. The lowest BCUT2D eigenvalue weighted by Crippen LogP contribution is -2.03. The van der Waals surface area contributed by atoms with Gasteiger partial charge in [0.1, 0.15) is 11.6 Å². The number of benzene rings is 1. The fourth-order valence-electron chi connectivity index (χ4n) is 2.28. The molecule has 0 unspecified atom stereocenters. The Kier molecular flexibility index (Phi) is 4.56. The first-order valence-corrected chi connectivity index (χ1v) is 9.35. The van der Waals surface area contributed by atoms with Crippen molar-refractivity contribution < 1.29 is 4.42 Å².